The zero-order chi connectivity index (χ0) is 21.7. The minimum Gasteiger partial charge on any atom is -0.535 e. The van der Waals surface area contributed by atoms with E-state index in [9.17, 15) is 18.0 Å². The second kappa shape index (κ2) is 9.65. The first-order chi connectivity index (χ1) is 11.9. The Kier molecular flexibility index (Phi) is 9.39. The molecule has 0 aromatic rings. The molecule has 0 spiro atoms. The lowest BCUT2D eigenvalue weighted by atomic mass is 10.5. The van der Waals surface area contributed by atoms with E-state index in [0.29, 0.717) is 10.2 Å². The minimum atomic E-state index is -4.26. The Hall–Kier alpha value is -0.732. The Labute approximate surface area is 166 Å². The highest BCUT2D eigenvalue weighted by molar-refractivity contribution is 6.72. The molecule has 0 aliphatic carbocycles. The average Bonchev–Trinajstić information content (AvgIpc) is 2.39. The van der Waals surface area contributed by atoms with Crippen LogP contribution >= 0.6 is 0 Å². The van der Waals surface area contributed by atoms with Crippen LogP contribution in [0.2, 0.25) is 58.4 Å². The number of ether oxygens (including phenoxy) is 1. The van der Waals surface area contributed by atoms with Crippen LogP contribution in [0.25, 0.3) is 0 Å². The summed E-state index contributed by atoms with van der Waals surface area (Å²) in [5, 5.41) is 0. The molecule has 0 aromatic carbocycles. The van der Waals surface area contributed by atoms with Gasteiger partial charge in [-0.2, -0.15) is 13.2 Å². The van der Waals surface area contributed by atoms with Crippen molar-refractivity contribution in [1.82, 2.24) is 0 Å². The number of hydrogen-bond donors (Lipinski definition) is 0. The third-order valence-corrected chi connectivity index (χ3v) is 6.93. The standard InChI is InChI=1S/C15H33F3O5Si4/c1-25(2,3)21-12(13(19)20-11-24)14(22-26(4,5)6)23-27(7,8)10-9-15(16,17)18/h9-11H2,1-8,24H3. The number of hydrogen-bond acceptors (Lipinski definition) is 5. The second-order valence-corrected chi connectivity index (χ2v) is 22.4. The van der Waals surface area contributed by atoms with Crippen LogP contribution in [0.1, 0.15) is 6.42 Å². The molecule has 0 fully saturated rings. The van der Waals surface area contributed by atoms with Gasteiger partial charge < -0.3 is 18.0 Å². The van der Waals surface area contributed by atoms with Gasteiger partial charge in [0, 0.05) is 6.42 Å². The number of carbonyl (C=O) groups excluding carboxylic acids is 1. The summed E-state index contributed by atoms with van der Waals surface area (Å²) in [4.78, 5) is 12.5. The molecule has 0 aliphatic heterocycles. The van der Waals surface area contributed by atoms with E-state index in [1.54, 1.807) is 13.1 Å². The normalized spacial score (nSPS) is 14.5. The quantitative estimate of drug-likeness (QED) is 0.213. The van der Waals surface area contributed by atoms with Crippen molar-refractivity contribution in [2.24, 2.45) is 0 Å². The zero-order valence-corrected chi connectivity index (χ0v) is 22.8. The summed E-state index contributed by atoms with van der Waals surface area (Å²) in [6.07, 6.45) is -4.94. The van der Waals surface area contributed by atoms with E-state index in [-0.39, 0.29) is 24.0 Å². The van der Waals surface area contributed by atoms with Crippen LogP contribution in [-0.2, 0) is 22.8 Å². The maximum atomic E-state index is 12.6. The lowest BCUT2D eigenvalue weighted by Gasteiger charge is -2.32. The van der Waals surface area contributed by atoms with Gasteiger partial charge in [-0.1, -0.05) is 0 Å². The fourth-order valence-electron chi connectivity index (χ4n) is 1.81. The van der Waals surface area contributed by atoms with E-state index in [0.717, 1.165) is 0 Å². The molecule has 160 valence electrons. The van der Waals surface area contributed by atoms with Crippen LogP contribution in [0, 0.1) is 0 Å². The predicted molar refractivity (Wildman–Crippen MR) is 111 cm³/mol. The van der Waals surface area contributed by atoms with Gasteiger partial charge in [0.15, 0.2) is 0 Å². The number of alkyl halides is 3. The lowest BCUT2D eigenvalue weighted by molar-refractivity contribution is -0.140. The summed E-state index contributed by atoms with van der Waals surface area (Å²) in [6, 6.07) is -0.148. The van der Waals surface area contributed by atoms with Gasteiger partial charge in [-0.25, -0.2) is 4.79 Å². The lowest BCUT2D eigenvalue weighted by Crippen LogP contribution is -2.38. The first kappa shape index (κ1) is 26.3. The fourth-order valence-corrected chi connectivity index (χ4v) is 5.24. The van der Waals surface area contributed by atoms with Gasteiger partial charge in [-0.05, 0) is 58.4 Å². The summed E-state index contributed by atoms with van der Waals surface area (Å²) in [6.45, 7) is 14.7. The van der Waals surface area contributed by atoms with Gasteiger partial charge in [-0.3, -0.25) is 0 Å². The summed E-state index contributed by atoms with van der Waals surface area (Å²) >= 11 is 0. The van der Waals surface area contributed by atoms with Crippen LogP contribution in [0.5, 0.6) is 0 Å². The molecule has 0 saturated carbocycles. The zero-order valence-electron chi connectivity index (χ0n) is 17.8. The van der Waals surface area contributed by atoms with E-state index in [4.69, 9.17) is 18.0 Å². The van der Waals surface area contributed by atoms with Crippen LogP contribution in [0.4, 0.5) is 13.2 Å². The number of halogens is 3. The van der Waals surface area contributed by atoms with E-state index < -0.39 is 43.5 Å². The maximum absolute atomic E-state index is 12.6. The third kappa shape index (κ3) is 13.1. The molecule has 0 saturated heterocycles. The molecular formula is C15H33F3O5Si4. The molecule has 0 radical (unpaired) electrons. The highest BCUT2D eigenvalue weighted by Crippen LogP contribution is 2.30. The molecule has 0 unspecified atom stereocenters. The summed E-state index contributed by atoms with van der Waals surface area (Å²) in [7, 11) is -6.64. The van der Waals surface area contributed by atoms with Crippen molar-refractivity contribution in [2.45, 2.75) is 71.0 Å². The van der Waals surface area contributed by atoms with Crippen LogP contribution < -0.4 is 0 Å². The smallest absolute Gasteiger partial charge is 0.388 e. The van der Waals surface area contributed by atoms with E-state index in [1.165, 1.54) is 0 Å². The number of esters is 1. The SMILES string of the molecule is C[Si](C)(C)OC(O[Si](C)(C)CCC(F)(F)F)=C(O[Si](C)(C)C)C(=O)OC[SiH3]. The van der Waals surface area contributed by atoms with Crippen molar-refractivity contribution in [3.8, 4) is 0 Å². The molecule has 0 aliphatic rings. The monoisotopic (exact) mass is 462 g/mol. The molecule has 12 heteroatoms. The molecule has 0 aromatic heterocycles. The maximum Gasteiger partial charge on any atom is 0.388 e. The van der Waals surface area contributed by atoms with Gasteiger partial charge in [0.2, 0.25) is 25.0 Å². The van der Waals surface area contributed by atoms with Crippen molar-refractivity contribution in [3.63, 3.8) is 0 Å². The summed E-state index contributed by atoms with van der Waals surface area (Å²) in [5.41, 5.74) is 0. The first-order valence-corrected chi connectivity index (χ1v) is 20.2. The molecule has 5 nitrogen and oxygen atoms in total. The van der Waals surface area contributed by atoms with Gasteiger partial charge in [0.1, 0.15) is 0 Å². The van der Waals surface area contributed by atoms with Crippen molar-refractivity contribution in [3.05, 3.63) is 11.7 Å². The Morgan fingerprint density at radius 1 is 0.889 bits per heavy atom. The summed E-state index contributed by atoms with van der Waals surface area (Å²) < 4.78 is 60.8. The molecular weight excluding hydrogens is 429 g/mol. The molecule has 0 amide bonds. The first-order valence-electron chi connectivity index (χ1n) is 8.90. The predicted octanol–water partition coefficient (Wildman–Crippen LogP) is 3.90. The highest BCUT2D eigenvalue weighted by Gasteiger charge is 2.38. The molecule has 0 rings (SSSR count). The average molecular weight is 463 g/mol. The van der Waals surface area contributed by atoms with E-state index >= 15 is 0 Å². The van der Waals surface area contributed by atoms with E-state index in [2.05, 4.69) is 0 Å². The Morgan fingerprint density at radius 3 is 1.74 bits per heavy atom. The van der Waals surface area contributed by atoms with Gasteiger partial charge >= 0.3 is 18.1 Å². The highest BCUT2D eigenvalue weighted by atomic mass is 28.4. The fraction of sp³-hybridized carbons (Fsp3) is 0.800. The minimum absolute atomic E-state index is 0.115. The molecule has 0 atom stereocenters. The molecule has 0 N–H and O–H groups in total. The van der Waals surface area contributed by atoms with Crippen molar-refractivity contribution in [1.29, 1.82) is 0 Å². The largest absolute Gasteiger partial charge is 0.535 e. The van der Waals surface area contributed by atoms with Gasteiger partial charge in [0.05, 0.1) is 16.5 Å². The Bertz CT molecular complexity index is 537. The molecule has 0 heterocycles. The van der Waals surface area contributed by atoms with E-state index in [1.807, 2.05) is 39.3 Å². The molecule has 0 bridgehead atoms. The topological polar surface area (TPSA) is 54.0 Å². The molecule has 27 heavy (non-hydrogen) atoms. The Balaban J connectivity index is 5.96. The third-order valence-electron chi connectivity index (χ3n) is 2.83. The Morgan fingerprint density at radius 2 is 1.37 bits per heavy atom. The number of rotatable bonds is 10. The van der Waals surface area contributed by atoms with Crippen molar-refractivity contribution in [2.75, 3.05) is 6.23 Å². The second-order valence-electron chi connectivity index (χ2n) is 8.74. The van der Waals surface area contributed by atoms with Crippen LogP contribution in [-0.4, -0.2) is 53.6 Å². The van der Waals surface area contributed by atoms with Crippen LogP contribution in [0.15, 0.2) is 11.7 Å². The van der Waals surface area contributed by atoms with Crippen LogP contribution in [0.3, 0.4) is 0 Å². The summed E-state index contributed by atoms with van der Waals surface area (Å²) in [5.74, 6) is -0.961. The number of carbonyl (C=O) groups is 1. The van der Waals surface area contributed by atoms with Gasteiger partial charge in [-0.15, -0.1) is 0 Å². The van der Waals surface area contributed by atoms with Crippen molar-refractivity contribution < 1.29 is 36.0 Å². The van der Waals surface area contributed by atoms with Gasteiger partial charge in [0.25, 0.3) is 5.76 Å². The van der Waals surface area contributed by atoms with Crippen molar-refractivity contribution >= 4 is 41.2 Å².